The molecule has 1 saturated heterocycles. The van der Waals surface area contributed by atoms with Gasteiger partial charge in [-0.25, -0.2) is 0 Å². The molecule has 1 aliphatic carbocycles. The van der Waals surface area contributed by atoms with Crippen LogP contribution in [0.5, 0.6) is 11.5 Å². The number of likely N-dealkylation sites (tertiary alicyclic amines) is 1. The molecule has 5 rings (SSSR count). The van der Waals surface area contributed by atoms with Crippen LogP contribution in [0.2, 0.25) is 0 Å². The Morgan fingerprint density at radius 1 is 1.30 bits per heavy atom. The standard InChI is InChI=1S/C26H30N4O3/c1-16-11-22(27)24(33-15-17-6-10-30(17)2)14-20(16)25(31)29-26(7-8-26)21-12-18(32-3)13-23-19(21)5-4-9-28-23/h4-5,9,11-14,17H,6-8,10,15,27H2,1-3H3,(H,29,31). The quantitative estimate of drug-likeness (QED) is 0.539. The van der Waals surface area contributed by atoms with Gasteiger partial charge in [0.1, 0.15) is 18.1 Å². The molecule has 7 nitrogen and oxygen atoms in total. The van der Waals surface area contributed by atoms with Gasteiger partial charge in [0.15, 0.2) is 0 Å². The highest BCUT2D eigenvalue weighted by molar-refractivity contribution is 5.98. The number of fused-ring (bicyclic) bond motifs is 1. The molecule has 1 aliphatic heterocycles. The highest BCUT2D eigenvalue weighted by atomic mass is 16.5. The number of nitrogens with two attached hydrogens (primary N) is 1. The fourth-order valence-electron chi connectivity index (χ4n) is 4.59. The zero-order valence-corrected chi connectivity index (χ0v) is 19.4. The minimum Gasteiger partial charge on any atom is -0.497 e. The predicted molar refractivity (Wildman–Crippen MR) is 129 cm³/mol. The Balaban J connectivity index is 1.42. The number of hydrogen-bond acceptors (Lipinski definition) is 6. The molecule has 1 saturated carbocycles. The van der Waals surface area contributed by atoms with E-state index >= 15 is 0 Å². The minimum atomic E-state index is -0.434. The third kappa shape index (κ3) is 3.97. The van der Waals surface area contributed by atoms with Gasteiger partial charge in [0, 0.05) is 29.3 Å². The molecule has 2 fully saturated rings. The third-order valence-corrected chi connectivity index (χ3v) is 7.02. The number of rotatable bonds is 7. The second-order valence-electron chi connectivity index (χ2n) is 9.22. The van der Waals surface area contributed by atoms with Gasteiger partial charge in [-0.3, -0.25) is 14.7 Å². The maximum absolute atomic E-state index is 13.4. The Morgan fingerprint density at radius 2 is 2.12 bits per heavy atom. The van der Waals surface area contributed by atoms with Crippen LogP contribution in [0.4, 0.5) is 5.69 Å². The molecule has 2 aliphatic rings. The van der Waals surface area contributed by atoms with Crippen molar-refractivity contribution in [2.45, 2.75) is 37.8 Å². The summed E-state index contributed by atoms with van der Waals surface area (Å²) in [6.45, 7) is 3.55. The maximum Gasteiger partial charge on any atom is 0.252 e. The van der Waals surface area contributed by atoms with Crippen molar-refractivity contribution in [3.05, 3.63) is 59.3 Å². The van der Waals surface area contributed by atoms with E-state index in [9.17, 15) is 4.79 Å². The number of likely N-dealkylation sites (N-methyl/N-ethyl adjacent to an activating group) is 1. The van der Waals surface area contributed by atoms with E-state index in [1.807, 2.05) is 37.3 Å². The lowest BCUT2D eigenvalue weighted by Crippen LogP contribution is -2.48. The van der Waals surface area contributed by atoms with Gasteiger partial charge in [0.2, 0.25) is 0 Å². The van der Waals surface area contributed by atoms with E-state index in [-0.39, 0.29) is 5.91 Å². The lowest BCUT2D eigenvalue weighted by Gasteiger charge is -2.37. The highest BCUT2D eigenvalue weighted by Gasteiger charge is 2.47. The molecule has 33 heavy (non-hydrogen) atoms. The number of pyridine rings is 1. The number of methoxy groups -OCH3 is 1. The first-order chi connectivity index (χ1) is 15.9. The van der Waals surface area contributed by atoms with Gasteiger partial charge in [-0.2, -0.15) is 0 Å². The molecular weight excluding hydrogens is 416 g/mol. The molecule has 1 amide bonds. The second kappa shape index (κ2) is 8.23. The van der Waals surface area contributed by atoms with Crippen LogP contribution < -0.4 is 20.5 Å². The number of nitrogen functional groups attached to an aromatic ring is 1. The number of nitrogens with one attached hydrogen (secondary N) is 1. The highest BCUT2D eigenvalue weighted by Crippen LogP contribution is 2.49. The molecule has 7 heteroatoms. The van der Waals surface area contributed by atoms with Crippen LogP contribution in [0.3, 0.4) is 0 Å². The van der Waals surface area contributed by atoms with Crippen molar-refractivity contribution in [2.75, 3.05) is 33.0 Å². The summed E-state index contributed by atoms with van der Waals surface area (Å²) < 4.78 is 11.5. The van der Waals surface area contributed by atoms with E-state index < -0.39 is 5.54 Å². The normalized spacial score (nSPS) is 19.1. The van der Waals surface area contributed by atoms with E-state index in [1.54, 1.807) is 19.4 Å². The van der Waals surface area contributed by atoms with Gasteiger partial charge < -0.3 is 20.5 Å². The molecule has 2 heterocycles. The molecular formula is C26H30N4O3. The number of aryl methyl sites for hydroxylation is 1. The van der Waals surface area contributed by atoms with Crippen LogP contribution in [0.1, 0.15) is 40.7 Å². The Hall–Kier alpha value is -3.32. The summed E-state index contributed by atoms with van der Waals surface area (Å²) in [4.78, 5) is 20.2. The van der Waals surface area contributed by atoms with Crippen LogP contribution in [-0.2, 0) is 5.54 Å². The van der Waals surface area contributed by atoms with Crippen molar-refractivity contribution in [2.24, 2.45) is 0 Å². The molecule has 1 aromatic heterocycles. The number of ether oxygens (including phenoxy) is 2. The van der Waals surface area contributed by atoms with Crippen LogP contribution in [0.25, 0.3) is 10.9 Å². The molecule has 0 spiro atoms. The Bertz CT molecular complexity index is 1220. The van der Waals surface area contributed by atoms with E-state index in [2.05, 4.69) is 22.2 Å². The number of hydrogen-bond donors (Lipinski definition) is 2. The summed E-state index contributed by atoms with van der Waals surface area (Å²) in [7, 11) is 3.73. The smallest absolute Gasteiger partial charge is 0.252 e. The van der Waals surface area contributed by atoms with Crippen molar-refractivity contribution < 1.29 is 14.3 Å². The summed E-state index contributed by atoms with van der Waals surface area (Å²) in [6.07, 6.45) is 4.61. The Morgan fingerprint density at radius 3 is 2.79 bits per heavy atom. The summed E-state index contributed by atoms with van der Waals surface area (Å²) >= 11 is 0. The average molecular weight is 447 g/mol. The number of aromatic nitrogens is 1. The molecule has 1 atom stereocenters. The number of benzene rings is 2. The zero-order chi connectivity index (χ0) is 23.2. The van der Waals surface area contributed by atoms with Crippen molar-refractivity contribution in [3.63, 3.8) is 0 Å². The molecule has 0 bridgehead atoms. The zero-order valence-electron chi connectivity index (χ0n) is 19.4. The van der Waals surface area contributed by atoms with E-state index in [1.165, 1.54) is 0 Å². The van der Waals surface area contributed by atoms with Crippen molar-refractivity contribution >= 4 is 22.5 Å². The molecule has 3 N–H and O–H groups in total. The molecule has 2 aromatic carbocycles. The topological polar surface area (TPSA) is 89.7 Å². The molecule has 1 unspecified atom stereocenters. The number of anilines is 1. The van der Waals surface area contributed by atoms with Crippen LogP contribution >= 0.6 is 0 Å². The van der Waals surface area contributed by atoms with Crippen LogP contribution in [0, 0.1) is 6.92 Å². The van der Waals surface area contributed by atoms with Gasteiger partial charge in [0.05, 0.1) is 23.9 Å². The first-order valence-electron chi connectivity index (χ1n) is 11.4. The lowest BCUT2D eigenvalue weighted by atomic mass is 9.97. The average Bonchev–Trinajstić information content (AvgIpc) is 3.58. The molecule has 172 valence electrons. The van der Waals surface area contributed by atoms with E-state index in [0.717, 1.165) is 53.6 Å². The number of carbonyl (C=O) groups excluding carboxylic acids is 1. The predicted octanol–water partition coefficient (Wildman–Crippen LogP) is 3.64. The largest absolute Gasteiger partial charge is 0.497 e. The number of carbonyl (C=O) groups is 1. The van der Waals surface area contributed by atoms with E-state index in [0.29, 0.717) is 29.6 Å². The fraction of sp³-hybridized carbons (Fsp3) is 0.385. The number of nitrogens with zero attached hydrogens (tertiary/aromatic N) is 2. The number of amides is 1. The minimum absolute atomic E-state index is 0.129. The van der Waals surface area contributed by atoms with Gasteiger partial charge in [-0.15, -0.1) is 0 Å². The summed E-state index contributed by atoms with van der Waals surface area (Å²) in [6, 6.07) is 11.9. The van der Waals surface area contributed by atoms with Gasteiger partial charge in [-0.05, 0) is 75.2 Å². The monoisotopic (exact) mass is 446 g/mol. The Kier molecular flexibility index (Phi) is 5.37. The van der Waals surface area contributed by atoms with Crippen LogP contribution in [0.15, 0.2) is 42.6 Å². The second-order valence-corrected chi connectivity index (χ2v) is 9.22. The van der Waals surface area contributed by atoms with Gasteiger partial charge in [0.25, 0.3) is 5.91 Å². The van der Waals surface area contributed by atoms with Crippen molar-refractivity contribution in [3.8, 4) is 11.5 Å². The van der Waals surface area contributed by atoms with E-state index in [4.69, 9.17) is 15.2 Å². The third-order valence-electron chi connectivity index (χ3n) is 7.02. The summed E-state index contributed by atoms with van der Waals surface area (Å²) in [5.41, 5.74) is 9.62. The first kappa shape index (κ1) is 21.5. The maximum atomic E-state index is 13.4. The van der Waals surface area contributed by atoms with Crippen molar-refractivity contribution in [1.82, 2.24) is 15.2 Å². The molecule has 3 aromatic rings. The van der Waals surface area contributed by atoms with Gasteiger partial charge >= 0.3 is 0 Å². The van der Waals surface area contributed by atoms with Crippen molar-refractivity contribution in [1.29, 1.82) is 0 Å². The summed E-state index contributed by atoms with van der Waals surface area (Å²) in [5, 5.41) is 4.32. The SMILES string of the molecule is COc1cc(C2(NC(=O)c3cc(OCC4CCN4C)c(N)cc3C)CC2)c2cccnc2c1. The Labute approximate surface area is 193 Å². The van der Waals surface area contributed by atoms with Crippen LogP contribution in [-0.4, -0.2) is 49.1 Å². The first-order valence-corrected chi connectivity index (χ1v) is 11.4. The fourth-order valence-corrected chi connectivity index (χ4v) is 4.59. The van der Waals surface area contributed by atoms with Gasteiger partial charge in [-0.1, -0.05) is 6.07 Å². The lowest BCUT2D eigenvalue weighted by molar-refractivity contribution is 0.0770. The summed E-state index contributed by atoms with van der Waals surface area (Å²) in [5.74, 6) is 1.17. The molecule has 0 radical (unpaired) electrons.